The van der Waals surface area contributed by atoms with Gasteiger partial charge in [-0.2, -0.15) is 0 Å². The second-order valence-electron chi connectivity index (χ2n) is 6.35. The predicted molar refractivity (Wildman–Crippen MR) is 67.2 cm³/mol. The van der Waals surface area contributed by atoms with Gasteiger partial charge in [-0.15, -0.1) is 0 Å². The maximum absolute atomic E-state index is 12.3. The summed E-state index contributed by atoms with van der Waals surface area (Å²) in [5, 5.41) is 0. The van der Waals surface area contributed by atoms with E-state index in [0.717, 1.165) is 31.6 Å². The molecule has 0 radical (unpaired) electrons. The molecule has 0 saturated heterocycles. The van der Waals surface area contributed by atoms with E-state index in [0.29, 0.717) is 17.6 Å². The van der Waals surface area contributed by atoms with E-state index in [-0.39, 0.29) is 5.41 Å². The summed E-state index contributed by atoms with van der Waals surface area (Å²) in [5.74, 6) is 2.49. The summed E-state index contributed by atoms with van der Waals surface area (Å²) in [6.07, 6.45) is 5.09. The Kier molecular flexibility index (Phi) is 2.98. The average molecular weight is 220 g/mol. The van der Waals surface area contributed by atoms with Crippen molar-refractivity contribution in [1.29, 1.82) is 0 Å². The van der Waals surface area contributed by atoms with E-state index >= 15 is 0 Å². The zero-order valence-corrected chi connectivity index (χ0v) is 10.9. The molecule has 0 aromatic rings. The molecule has 0 heterocycles. The fourth-order valence-corrected chi connectivity index (χ4v) is 3.84. The molecule has 90 valence electrons. The molecule has 1 heteroatoms. The van der Waals surface area contributed by atoms with E-state index in [1.54, 1.807) is 0 Å². The first kappa shape index (κ1) is 11.9. The van der Waals surface area contributed by atoms with E-state index in [2.05, 4.69) is 27.4 Å². The lowest BCUT2D eigenvalue weighted by Gasteiger charge is -2.32. The van der Waals surface area contributed by atoms with Gasteiger partial charge in [0.2, 0.25) is 0 Å². The van der Waals surface area contributed by atoms with Crippen molar-refractivity contribution in [2.24, 2.45) is 23.2 Å². The Balaban J connectivity index is 2.31. The monoisotopic (exact) mass is 220 g/mol. The Labute approximate surface area is 99.3 Å². The lowest BCUT2D eigenvalue weighted by atomic mass is 9.70. The van der Waals surface area contributed by atoms with Crippen LogP contribution in [0.3, 0.4) is 0 Å². The van der Waals surface area contributed by atoms with Crippen molar-refractivity contribution >= 4 is 5.78 Å². The maximum Gasteiger partial charge on any atom is 0.139 e. The zero-order chi connectivity index (χ0) is 11.9. The first-order valence-corrected chi connectivity index (χ1v) is 6.65. The molecule has 2 aliphatic carbocycles. The summed E-state index contributed by atoms with van der Waals surface area (Å²) >= 11 is 0. The van der Waals surface area contributed by atoms with E-state index in [4.69, 9.17) is 0 Å². The largest absolute Gasteiger partial charge is 0.299 e. The molecule has 0 aromatic carbocycles. The highest BCUT2D eigenvalue weighted by molar-refractivity contribution is 5.85. The molecular formula is C15H24O. The van der Waals surface area contributed by atoms with Crippen LogP contribution in [-0.2, 0) is 4.79 Å². The Morgan fingerprint density at radius 3 is 2.69 bits per heavy atom. The molecule has 0 spiro atoms. The molecule has 3 atom stereocenters. The van der Waals surface area contributed by atoms with Crippen molar-refractivity contribution in [2.45, 2.75) is 52.9 Å². The number of allylic oxidation sites excluding steroid dienone is 1. The van der Waals surface area contributed by atoms with Crippen LogP contribution in [0.4, 0.5) is 0 Å². The fourth-order valence-electron chi connectivity index (χ4n) is 3.84. The van der Waals surface area contributed by atoms with Gasteiger partial charge in [0.1, 0.15) is 5.78 Å². The quantitative estimate of drug-likeness (QED) is 0.611. The molecule has 16 heavy (non-hydrogen) atoms. The molecule has 1 nitrogen and oxygen atoms in total. The normalized spacial score (nSPS) is 40.0. The summed E-state index contributed by atoms with van der Waals surface area (Å²) in [7, 11) is 0. The van der Waals surface area contributed by atoms with Gasteiger partial charge in [0.05, 0.1) is 0 Å². The standard InChI is InChI=1S/C15H24O/c1-10(2)12-7-8-15(4)13(12)9-11(3)5-6-14(15)16/h10,12-13H,3,5-9H2,1-2,4H3. The Bertz CT molecular complexity index is 315. The molecule has 2 saturated carbocycles. The van der Waals surface area contributed by atoms with Gasteiger partial charge in [-0.3, -0.25) is 4.79 Å². The molecule has 2 aliphatic rings. The highest BCUT2D eigenvalue weighted by Crippen LogP contribution is 2.54. The molecule has 0 amide bonds. The van der Waals surface area contributed by atoms with Crippen LogP contribution in [0.2, 0.25) is 0 Å². The fraction of sp³-hybridized carbons (Fsp3) is 0.800. The van der Waals surface area contributed by atoms with Crippen LogP contribution >= 0.6 is 0 Å². The third-order valence-electron chi connectivity index (χ3n) is 5.04. The minimum Gasteiger partial charge on any atom is -0.299 e. The van der Waals surface area contributed by atoms with Gasteiger partial charge in [-0.05, 0) is 43.4 Å². The zero-order valence-electron chi connectivity index (χ0n) is 10.9. The molecule has 2 rings (SSSR count). The second-order valence-corrected chi connectivity index (χ2v) is 6.35. The highest BCUT2D eigenvalue weighted by atomic mass is 16.1. The highest BCUT2D eigenvalue weighted by Gasteiger charge is 2.50. The van der Waals surface area contributed by atoms with E-state index in [1.165, 1.54) is 12.0 Å². The van der Waals surface area contributed by atoms with Crippen molar-refractivity contribution in [3.63, 3.8) is 0 Å². The summed E-state index contributed by atoms with van der Waals surface area (Å²) in [4.78, 5) is 12.3. The van der Waals surface area contributed by atoms with Crippen LogP contribution in [-0.4, -0.2) is 5.78 Å². The SMILES string of the molecule is C=C1CCC(=O)C2(C)CCC(C(C)C)C2C1. The average Bonchev–Trinajstić information content (AvgIpc) is 2.49. The van der Waals surface area contributed by atoms with Crippen LogP contribution < -0.4 is 0 Å². The number of fused-ring (bicyclic) bond motifs is 1. The van der Waals surface area contributed by atoms with Gasteiger partial charge < -0.3 is 0 Å². The number of hydrogen-bond acceptors (Lipinski definition) is 1. The summed E-state index contributed by atoms with van der Waals surface area (Å²) in [5.41, 5.74) is 1.27. The van der Waals surface area contributed by atoms with Crippen molar-refractivity contribution in [3.05, 3.63) is 12.2 Å². The number of carbonyl (C=O) groups is 1. The number of rotatable bonds is 1. The third-order valence-corrected chi connectivity index (χ3v) is 5.04. The lowest BCUT2D eigenvalue weighted by molar-refractivity contribution is -0.129. The van der Waals surface area contributed by atoms with E-state index < -0.39 is 0 Å². The van der Waals surface area contributed by atoms with Crippen molar-refractivity contribution in [3.8, 4) is 0 Å². The molecule has 0 N–H and O–H groups in total. The Morgan fingerprint density at radius 1 is 1.38 bits per heavy atom. The van der Waals surface area contributed by atoms with Crippen molar-refractivity contribution in [1.82, 2.24) is 0 Å². The van der Waals surface area contributed by atoms with Crippen LogP contribution in [0.5, 0.6) is 0 Å². The van der Waals surface area contributed by atoms with Gasteiger partial charge in [0.15, 0.2) is 0 Å². The summed E-state index contributed by atoms with van der Waals surface area (Å²) < 4.78 is 0. The van der Waals surface area contributed by atoms with Crippen LogP contribution in [0.1, 0.15) is 52.9 Å². The number of hydrogen-bond donors (Lipinski definition) is 0. The number of Topliss-reactive ketones (excluding diaryl/α,β-unsaturated/α-hetero) is 1. The third kappa shape index (κ3) is 1.74. The Hall–Kier alpha value is -0.590. The summed E-state index contributed by atoms with van der Waals surface area (Å²) in [6.45, 7) is 11.0. The first-order chi connectivity index (χ1) is 7.45. The molecule has 0 aliphatic heterocycles. The minimum absolute atomic E-state index is 0.0334. The number of carbonyl (C=O) groups excluding carboxylic acids is 1. The van der Waals surface area contributed by atoms with E-state index in [9.17, 15) is 4.79 Å². The minimum atomic E-state index is -0.0334. The summed E-state index contributed by atoms with van der Waals surface area (Å²) in [6, 6.07) is 0. The molecule has 0 aromatic heterocycles. The molecule has 0 bridgehead atoms. The van der Waals surface area contributed by atoms with Crippen LogP contribution in [0.25, 0.3) is 0 Å². The van der Waals surface area contributed by atoms with Crippen LogP contribution in [0, 0.1) is 23.2 Å². The van der Waals surface area contributed by atoms with Gasteiger partial charge >= 0.3 is 0 Å². The van der Waals surface area contributed by atoms with Gasteiger partial charge in [-0.25, -0.2) is 0 Å². The lowest BCUT2D eigenvalue weighted by Crippen LogP contribution is -2.33. The van der Waals surface area contributed by atoms with Crippen LogP contribution in [0.15, 0.2) is 12.2 Å². The van der Waals surface area contributed by atoms with E-state index in [1.807, 2.05) is 0 Å². The number of ketones is 1. The van der Waals surface area contributed by atoms with Crippen molar-refractivity contribution in [2.75, 3.05) is 0 Å². The predicted octanol–water partition coefficient (Wildman–Crippen LogP) is 3.98. The first-order valence-electron chi connectivity index (χ1n) is 6.65. The van der Waals surface area contributed by atoms with Gasteiger partial charge in [-0.1, -0.05) is 32.9 Å². The topological polar surface area (TPSA) is 17.1 Å². The Morgan fingerprint density at radius 2 is 2.06 bits per heavy atom. The molecular weight excluding hydrogens is 196 g/mol. The maximum atomic E-state index is 12.3. The van der Waals surface area contributed by atoms with Gasteiger partial charge in [0.25, 0.3) is 0 Å². The van der Waals surface area contributed by atoms with Crippen molar-refractivity contribution < 1.29 is 4.79 Å². The molecule has 3 unspecified atom stereocenters. The molecule has 2 fully saturated rings. The van der Waals surface area contributed by atoms with Gasteiger partial charge in [0, 0.05) is 11.8 Å². The smallest absolute Gasteiger partial charge is 0.139 e. The second kappa shape index (κ2) is 4.01.